The second kappa shape index (κ2) is 4.28. The van der Waals surface area contributed by atoms with Gasteiger partial charge in [-0.25, -0.2) is 4.68 Å². The van der Waals surface area contributed by atoms with Crippen LogP contribution in [0.4, 0.5) is 0 Å². The topological polar surface area (TPSA) is 58.9 Å². The van der Waals surface area contributed by atoms with E-state index in [9.17, 15) is 0 Å². The zero-order chi connectivity index (χ0) is 11.9. The summed E-state index contributed by atoms with van der Waals surface area (Å²) >= 11 is 0. The van der Waals surface area contributed by atoms with Crippen molar-refractivity contribution < 1.29 is 0 Å². The van der Waals surface area contributed by atoms with Crippen LogP contribution in [-0.4, -0.2) is 51.3 Å². The number of likely N-dealkylation sites (tertiary alicyclic amines) is 1. The minimum Gasteiger partial charge on any atom is -0.316 e. The lowest BCUT2D eigenvalue weighted by Gasteiger charge is -2.33. The number of tetrazole rings is 1. The van der Waals surface area contributed by atoms with Crippen LogP contribution in [0.1, 0.15) is 31.1 Å². The van der Waals surface area contributed by atoms with Gasteiger partial charge in [-0.1, -0.05) is 0 Å². The number of aromatic nitrogens is 4. The minimum atomic E-state index is 0.584. The fraction of sp³-hybridized carbons (Fsp3) is 0.917. The van der Waals surface area contributed by atoms with Gasteiger partial charge in [-0.2, -0.15) is 0 Å². The molecule has 1 aliphatic carbocycles. The summed E-state index contributed by atoms with van der Waals surface area (Å²) in [5.74, 6) is 2.80. The Morgan fingerprint density at radius 1 is 1.17 bits per heavy atom. The summed E-state index contributed by atoms with van der Waals surface area (Å²) in [6, 6.07) is 0.584. The van der Waals surface area contributed by atoms with E-state index in [1.165, 1.54) is 45.4 Å². The third-order valence-corrected chi connectivity index (χ3v) is 4.61. The lowest BCUT2D eigenvalue weighted by molar-refractivity contribution is 0.137. The van der Waals surface area contributed by atoms with Gasteiger partial charge in [0.2, 0.25) is 0 Å². The Balaban J connectivity index is 1.43. The standard InChI is InChI=1S/C12H20N6/c1-2-11(1)18-12(14-15-16-18)8-17-4-3-9-5-13-6-10(9)7-17/h9-11,13H,1-8H2. The molecule has 0 bridgehead atoms. The normalized spacial score (nSPS) is 32.7. The van der Waals surface area contributed by atoms with Crippen molar-refractivity contribution >= 4 is 0 Å². The molecular formula is C12H20N6. The Morgan fingerprint density at radius 3 is 2.94 bits per heavy atom. The van der Waals surface area contributed by atoms with Crippen molar-refractivity contribution in [2.75, 3.05) is 26.2 Å². The third-order valence-electron chi connectivity index (χ3n) is 4.61. The number of hydrogen-bond donors (Lipinski definition) is 1. The van der Waals surface area contributed by atoms with Gasteiger partial charge >= 0.3 is 0 Å². The van der Waals surface area contributed by atoms with Crippen molar-refractivity contribution in [3.8, 4) is 0 Å². The maximum absolute atomic E-state index is 4.20. The van der Waals surface area contributed by atoms with Crippen LogP contribution >= 0.6 is 0 Å². The number of fused-ring (bicyclic) bond motifs is 1. The largest absolute Gasteiger partial charge is 0.316 e. The van der Waals surface area contributed by atoms with Gasteiger partial charge in [0.1, 0.15) is 0 Å². The van der Waals surface area contributed by atoms with E-state index >= 15 is 0 Å². The molecule has 2 unspecified atom stereocenters. The van der Waals surface area contributed by atoms with Crippen LogP contribution in [0.3, 0.4) is 0 Å². The number of hydrogen-bond acceptors (Lipinski definition) is 5. The van der Waals surface area contributed by atoms with Gasteiger partial charge in [-0.15, -0.1) is 5.10 Å². The first-order chi connectivity index (χ1) is 8.90. The summed E-state index contributed by atoms with van der Waals surface area (Å²) in [5, 5.41) is 15.7. The SMILES string of the molecule is C1CN(Cc2nnnn2C2CC2)CC2CNCC12. The maximum atomic E-state index is 4.20. The number of nitrogens with one attached hydrogen (secondary N) is 1. The lowest BCUT2D eigenvalue weighted by Crippen LogP contribution is -2.40. The van der Waals surface area contributed by atoms with Gasteiger partial charge in [0, 0.05) is 6.54 Å². The van der Waals surface area contributed by atoms with Gasteiger partial charge in [0.05, 0.1) is 12.6 Å². The van der Waals surface area contributed by atoms with E-state index in [-0.39, 0.29) is 0 Å². The first-order valence-electron chi connectivity index (χ1n) is 7.10. The fourth-order valence-electron chi connectivity index (χ4n) is 3.37. The van der Waals surface area contributed by atoms with Crippen molar-refractivity contribution in [1.29, 1.82) is 0 Å². The van der Waals surface area contributed by atoms with E-state index in [1.54, 1.807) is 0 Å². The summed E-state index contributed by atoms with van der Waals surface area (Å²) in [6.07, 6.45) is 3.81. The summed E-state index contributed by atoms with van der Waals surface area (Å²) in [6.45, 7) is 5.73. The summed E-state index contributed by atoms with van der Waals surface area (Å²) in [7, 11) is 0. The molecule has 2 aliphatic heterocycles. The van der Waals surface area contributed by atoms with Crippen molar-refractivity contribution in [3.63, 3.8) is 0 Å². The van der Waals surface area contributed by atoms with E-state index < -0.39 is 0 Å². The Kier molecular flexibility index (Phi) is 2.58. The molecule has 0 spiro atoms. The molecule has 18 heavy (non-hydrogen) atoms. The highest BCUT2D eigenvalue weighted by Crippen LogP contribution is 2.35. The van der Waals surface area contributed by atoms with Crippen molar-refractivity contribution in [3.05, 3.63) is 5.82 Å². The van der Waals surface area contributed by atoms with Gasteiger partial charge in [-0.3, -0.25) is 4.90 Å². The number of nitrogens with zero attached hydrogens (tertiary/aromatic N) is 5. The molecule has 4 rings (SSSR count). The van der Waals surface area contributed by atoms with Crippen molar-refractivity contribution in [2.24, 2.45) is 11.8 Å². The molecule has 6 heteroatoms. The first-order valence-corrected chi connectivity index (χ1v) is 7.10. The molecule has 6 nitrogen and oxygen atoms in total. The molecule has 1 saturated carbocycles. The van der Waals surface area contributed by atoms with Gasteiger partial charge in [-0.05, 0) is 61.2 Å². The third kappa shape index (κ3) is 1.93. The molecule has 0 amide bonds. The summed E-state index contributed by atoms with van der Waals surface area (Å²) < 4.78 is 2.04. The first kappa shape index (κ1) is 10.9. The second-order valence-electron chi connectivity index (χ2n) is 5.97. The Morgan fingerprint density at radius 2 is 2.06 bits per heavy atom. The molecule has 2 saturated heterocycles. The average Bonchev–Trinajstić information content (AvgIpc) is 2.95. The van der Waals surface area contributed by atoms with Gasteiger partial charge in [0.15, 0.2) is 5.82 Å². The van der Waals surface area contributed by atoms with E-state index in [4.69, 9.17) is 0 Å². The van der Waals surface area contributed by atoms with E-state index in [1.807, 2.05) is 4.68 Å². The highest BCUT2D eigenvalue weighted by Gasteiger charge is 2.34. The van der Waals surface area contributed by atoms with Crippen molar-refractivity contribution in [2.45, 2.75) is 31.8 Å². The van der Waals surface area contributed by atoms with Crippen LogP contribution in [0.2, 0.25) is 0 Å². The lowest BCUT2D eigenvalue weighted by atomic mass is 9.89. The van der Waals surface area contributed by atoms with E-state index in [2.05, 4.69) is 25.7 Å². The van der Waals surface area contributed by atoms with Crippen LogP contribution in [0.25, 0.3) is 0 Å². The molecule has 3 fully saturated rings. The molecule has 2 atom stereocenters. The summed E-state index contributed by atoms with van der Waals surface area (Å²) in [5.41, 5.74) is 0. The average molecular weight is 248 g/mol. The van der Waals surface area contributed by atoms with Crippen molar-refractivity contribution in [1.82, 2.24) is 30.4 Å². The van der Waals surface area contributed by atoms with Crippen LogP contribution < -0.4 is 5.32 Å². The Labute approximate surface area is 107 Å². The van der Waals surface area contributed by atoms with E-state index in [0.717, 1.165) is 24.2 Å². The molecule has 98 valence electrons. The van der Waals surface area contributed by atoms with Gasteiger partial charge < -0.3 is 5.32 Å². The van der Waals surface area contributed by atoms with Crippen LogP contribution in [0.15, 0.2) is 0 Å². The minimum absolute atomic E-state index is 0.584. The van der Waals surface area contributed by atoms with Crippen LogP contribution in [0, 0.1) is 11.8 Å². The molecular weight excluding hydrogens is 228 g/mol. The predicted octanol–water partition coefficient (Wildman–Crippen LogP) is 0.0493. The Bertz CT molecular complexity index is 426. The molecule has 1 N–H and O–H groups in total. The predicted molar refractivity (Wildman–Crippen MR) is 65.8 cm³/mol. The molecule has 3 heterocycles. The molecule has 1 aromatic heterocycles. The highest BCUT2D eigenvalue weighted by atomic mass is 15.6. The van der Waals surface area contributed by atoms with E-state index in [0.29, 0.717) is 6.04 Å². The quantitative estimate of drug-likeness (QED) is 0.819. The van der Waals surface area contributed by atoms with Crippen LogP contribution in [0.5, 0.6) is 0 Å². The number of rotatable bonds is 3. The fourth-order valence-corrected chi connectivity index (χ4v) is 3.37. The summed E-state index contributed by atoms with van der Waals surface area (Å²) in [4.78, 5) is 2.53. The Hall–Kier alpha value is -1.01. The monoisotopic (exact) mass is 248 g/mol. The van der Waals surface area contributed by atoms with Crippen LogP contribution in [-0.2, 0) is 6.54 Å². The molecule has 3 aliphatic rings. The zero-order valence-corrected chi connectivity index (χ0v) is 10.6. The zero-order valence-electron chi connectivity index (χ0n) is 10.6. The molecule has 1 aromatic rings. The second-order valence-corrected chi connectivity index (χ2v) is 5.97. The van der Waals surface area contributed by atoms with Gasteiger partial charge in [0.25, 0.3) is 0 Å². The maximum Gasteiger partial charge on any atom is 0.165 e. The highest BCUT2D eigenvalue weighted by molar-refractivity contribution is 4.93. The molecule has 0 aromatic carbocycles. The smallest absolute Gasteiger partial charge is 0.165 e. The molecule has 0 radical (unpaired) electrons. The number of piperidine rings is 1.